The summed E-state index contributed by atoms with van der Waals surface area (Å²) < 4.78 is 2.25. The highest BCUT2D eigenvalue weighted by atomic mass is 15.1. The molecule has 0 fully saturated rings. The molecule has 0 spiro atoms. The maximum atomic E-state index is 3.84. The van der Waals surface area contributed by atoms with Crippen LogP contribution in [0.2, 0.25) is 0 Å². The summed E-state index contributed by atoms with van der Waals surface area (Å²) in [6.45, 7) is 4.72. The Morgan fingerprint density at radius 3 is 2.93 bits per heavy atom. The van der Waals surface area contributed by atoms with Gasteiger partial charge in [0, 0.05) is 11.4 Å². The van der Waals surface area contributed by atoms with Gasteiger partial charge in [-0.15, -0.1) is 0 Å². The molecule has 1 aliphatic heterocycles. The minimum absolute atomic E-state index is 0.880. The van der Waals surface area contributed by atoms with Crippen molar-refractivity contribution in [1.29, 1.82) is 0 Å². The van der Waals surface area contributed by atoms with E-state index >= 15 is 0 Å². The van der Waals surface area contributed by atoms with E-state index in [1.807, 2.05) is 12.1 Å². The normalized spacial score (nSPS) is 12.5. The lowest BCUT2D eigenvalue weighted by atomic mass is 10.2. The third-order valence-corrected chi connectivity index (χ3v) is 2.81. The largest absolute Gasteiger partial charge is 0.378 e. The van der Waals surface area contributed by atoms with Crippen molar-refractivity contribution in [3.8, 4) is 5.69 Å². The second-order valence-corrected chi connectivity index (χ2v) is 3.66. The third-order valence-electron chi connectivity index (χ3n) is 2.81. The van der Waals surface area contributed by atoms with Gasteiger partial charge in [0.2, 0.25) is 0 Å². The van der Waals surface area contributed by atoms with Crippen LogP contribution in [-0.4, -0.2) is 4.57 Å². The number of nitrogens with zero attached hydrogens (tertiary/aromatic N) is 1. The molecule has 0 amide bonds. The lowest BCUT2D eigenvalue weighted by Gasteiger charge is -2.22. The summed E-state index contributed by atoms with van der Waals surface area (Å²) in [5.74, 6) is 0. The highest BCUT2D eigenvalue weighted by molar-refractivity contribution is 5.67. The number of aromatic nitrogens is 1. The number of anilines is 1. The Bertz CT molecular complexity index is 523. The second kappa shape index (κ2) is 3.02. The Balaban J connectivity index is 2.31. The lowest BCUT2D eigenvalue weighted by molar-refractivity contribution is 0.901. The number of rotatable bonds is 1. The summed E-state index contributed by atoms with van der Waals surface area (Å²) in [5.41, 5.74) is 4.82. The molecule has 0 saturated carbocycles. The summed E-state index contributed by atoms with van der Waals surface area (Å²) in [5, 5.41) is 3.40. The standard InChI is InChI=1S/C13H12N2/c1-2-10-7-8-11-9-14-12-5-3-4-6-13(12)15(10)11/h2-8,14H,1,9H2. The first-order valence-corrected chi connectivity index (χ1v) is 5.06. The third kappa shape index (κ3) is 1.11. The van der Waals surface area contributed by atoms with Crippen molar-refractivity contribution >= 4 is 11.8 Å². The van der Waals surface area contributed by atoms with E-state index in [-0.39, 0.29) is 0 Å². The van der Waals surface area contributed by atoms with Gasteiger partial charge in [0.1, 0.15) is 0 Å². The molecule has 2 nitrogen and oxygen atoms in total. The van der Waals surface area contributed by atoms with Crippen molar-refractivity contribution in [3.05, 3.63) is 54.4 Å². The number of benzene rings is 1. The highest BCUT2D eigenvalue weighted by Gasteiger charge is 2.15. The zero-order valence-corrected chi connectivity index (χ0v) is 8.40. The van der Waals surface area contributed by atoms with Gasteiger partial charge in [0.05, 0.1) is 17.9 Å². The van der Waals surface area contributed by atoms with E-state index in [1.165, 1.54) is 17.1 Å². The van der Waals surface area contributed by atoms with Crippen molar-refractivity contribution in [2.45, 2.75) is 6.54 Å². The fourth-order valence-corrected chi connectivity index (χ4v) is 2.09. The van der Waals surface area contributed by atoms with E-state index < -0.39 is 0 Å². The van der Waals surface area contributed by atoms with E-state index in [2.05, 4.69) is 46.8 Å². The van der Waals surface area contributed by atoms with Crippen LogP contribution in [0.25, 0.3) is 11.8 Å². The molecular weight excluding hydrogens is 184 g/mol. The van der Waals surface area contributed by atoms with Crippen molar-refractivity contribution in [1.82, 2.24) is 4.57 Å². The van der Waals surface area contributed by atoms with Crippen LogP contribution >= 0.6 is 0 Å². The molecule has 1 aliphatic rings. The molecule has 0 bridgehead atoms. The maximum absolute atomic E-state index is 3.84. The van der Waals surface area contributed by atoms with Crippen LogP contribution in [-0.2, 0) is 6.54 Å². The van der Waals surface area contributed by atoms with Gasteiger partial charge in [-0.05, 0) is 30.3 Å². The van der Waals surface area contributed by atoms with Crippen LogP contribution in [0.5, 0.6) is 0 Å². The number of hydrogen-bond acceptors (Lipinski definition) is 1. The fraction of sp³-hybridized carbons (Fsp3) is 0.0769. The van der Waals surface area contributed by atoms with Gasteiger partial charge in [0.15, 0.2) is 0 Å². The molecule has 0 radical (unpaired) electrons. The molecule has 74 valence electrons. The number of para-hydroxylation sites is 2. The van der Waals surface area contributed by atoms with E-state index in [9.17, 15) is 0 Å². The fourth-order valence-electron chi connectivity index (χ4n) is 2.09. The molecule has 3 rings (SSSR count). The van der Waals surface area contributed by atoms with Gasteiger partial charge in [-0.1, -0.05) is 18.7 Å². The summed E-state index contributed by atoms with van der Waals surface area (Å²) >= 11 is 0. The smallest absolute Gasteiger partial charge is 0.0691 e. The van der Waals surface area contributed by atoms with Gasteiger partial charge in [0.25, 0.3) is 0 Å². The number of nitrogens with one attached hydrogen (secondary N) is 1. The van der Waals surface area contributed by atoms with Crippen molar-refractivity contribution in [2.24, 2.45) is 0 Å². The molecule has 1 aromatic carbocycles. The monoisotopic (exact) mass is 196 g/mol. The zero-order chi connectivity index (χ0) is 10.3. The zero-order valence-electron chi connectivity index (χ0n) is 8.40. The van der Waals surface area contributed by atoms with Crippen molar-refractivity contribution in [3.63, 3.8) is 0 Å². The van der Waals surface area contributed by atoms with Gasteiger partial charge in [-0.25, -0.2) is 0 Å². The maximum Gasteiger partial charge on any atom is 0.0691 e. The van der Waals surface area contributed by atoms with E-state index in [1.54, 1.807) is 0 Å². The molecule has 0 unspecified atom stereocenters. The molecule has 2 heterocycles. The minimum atomic E-state index is 0.880. The van der Waals surface area contributed by atoms with Gasteiger partial charge < -0.3 is 9.88 Å². The average molecular weight is 196 g/mol. The molecular formula is C13H12N2. The quantitative estimate of drug-likeness (QED) is 0.741. The van der Waals surface area contributed by atoms with Crippen LogP contribution in [0.4, 0.5) is 5.69 Å². The summed E-state index contributed by atoms with van der Waals surface area (Å²) in [4.78, 5) is 0. The summed E-state index contributed by atoms with van der Waals surface area (Å²) in [6, 6.07) is 12.6. The Labute approximate surface area is 88.9 Å². The predicted octanol–water partition coefficient (Wildman–Crippen LogP) is 3.05. The molecule has 0 aliphatic carbocycles. The van der Waals surface area contributed by atoms with E-state index in [0.717, 1.165) is 12.2 Å². The average Bonchev–Trinajstić information content (AvgIpc) is 2.72. The Morgan fingerprint density at radius 2 is 2.07 bits per heavy atom. The Kier molecular flexibility index (Phi) is 1.68. The predicted molar refractivity (Wildman–Crippen MR) is 63.2 cm³/mol. The van der Waals surface area contributed by atoms with Crippen LogP contribution in [0.15, 0.2) is 43.0 Å². The van der Waals surface area contributed by atoms with E-state index in [0.29, 0.717) is 0 Å². The molecule has 1 aromatic heterocycles. The Hall–Kier alpha value is -1.96. The van der Waals surface area contributed by atoms with Gasteiger partial charge in [-0.2, -0.15) is 0 Å². The second-order valence-electron chi connectivity index (χ2n) is 3.66. The van der Waals surface area contributed by atoms with Crippen LogP contribution < -0.4 is 5.32 Å². The lowest BCUT2D eigenvalue weighted by Crippen LogP contribution is -2.15. The Morgan fingerprint density at radius 1 is 1.20 bits per heavy atom. The molecule has 2 aromatic rings. The molecule has 0 saturated heterocycles. The molecule has 1 N–H and O–H groups in total. The van der Waals surface area contributed by atoms with Gasteiger partial charge in [-0.3, -0.25) is 0 Å². The number of fused-ring (bicyclic) bond motifs is 3. The first kappa shape index (κ1) is 8.36. The summed E-state index contributed by atoms with van der Waals surface area (Å²) in [6.07, 6.45) is 1.89. The first-order valence-electron chi connectivity index (χ1n) is 5.06. The topological polar surface area (TPSA) is 17.0 Å². The van der Waals surface area contributed by atoms with Crippen LogP contribution in [0.1, 0.15) is 11.4 Å². The highest BCUT2D eigenvalue weighted by Crippen LogP contribution is 2.29. The molecule has 0 atom stereocenters. The van der Waals surface area contributed by atoms with Crippen molar-refractivity contribution < 1.29 is 0 Å². The molecule has 15 heavy (non-hydrogen) atoms. The SMILES string of the molecule is C=Cc1ccc2n1-c1ccccc1NC2. The van der Waals surface area contributed by atoms with E-state index in [4.69, 9.17) is 0 Å². The summed E-state index contributed by atoms with van der Waals surface area (Å²) in [7, 11) is 0. The minimum Gasteiger partial charge on any atom is -0.378 e. The van der Waals surface area contributed by atoms with Crippen LogP contribution in [0.3, 0.4) is 0 Å². The molecule has 2 heteroatoms. The van der Waals surface area contributed by atoms with Gasteiger partial charge >= 0.3 is 0 Å². The number of hydrogen-bond donors (Lipinski definition) is 1. The van der Waals surface area contributed by atoms with Crippen molar-refractivity contribution in [2.75, 3.05) is 5.32 Å². The van der Waals surface area contributed by atoms with Crippen LogP contribution in [0, 0.1) is 0 Å². The first-order chi connectivity index (χ1) is 7.40.